The highest BCUT2D eigenvalue weighted by Crippen LogP contribution is 2.14. The summed E-state index contributed by atoms with van der Waals surface area (Å²) in [6.07, 6.45) is 3.29. The lowest BCUT2D eigenvalue weighted by Crippen LogP contribution is -2.18. The summed E-state index contributed by atoms with van der Waals surface area (Å²) in [7, 11) is 0. The van der Waals surface area contributed by atoms with Crippen molar-refractivity contribution < 1.29 is 9.21 Å². The molecule has 0 unspecified atom stereocenters. The molecule has 0 aliphatic rings. The van der Waals surface area contributed by atoms with E-state index in [0.29, 0.717) is 17.3 Å². The number of furan rings is 1. The first-order chi connectivity index (χ1) is 13.2. The van der Waals surface area contributed by atoms with E-state index in [1.165, 1.54) is 16.7 Å². The zero-order valence-corrected chi connectivity index (χ0v) is 14.0. The van der Waals surface area contributed by atoms with Crippen LogP contribution in [0.1, 0.15) is 16.3 Å². The Balaban J connectivity index is 1.45. The van der Waals surface area contributed by atoms with Crippen LogP contribution in [0.2, 0.25) is 0 Å². The van der Waals surface area contributed by atoms with Gasteiger partial charge in [-0.05, 0) is 30.3 Å². The van der Waals surface area contributed by atoms with Crippen molar-refractivity contribution in [1.29, 1.82) is 0 Å². The number of aromatic amines is 1. The second kappa shape index (κ2) is 7.08. The summed E-state index contributed by atoms with van der Waals surface area (Å²) in [6.45, 7) is 0.234. The van der Waals surface area contributed by atoms with Crippen molar-refractivity contribution in [1.82, 2.24) is 24.7 Å². The molecule has 9 nitrogen and oxygen atoms in total. The average molecular weight is 362 g/mol. The molecule has 0 fully saturated rings. The molecular weight excluding hydrogens is 348 g/mol. The van der Waals surface area contributed by atoms with Gasteiger partial charge in [0.05, 0.1) is 6.54 Å². The van der Waals surface area contributed by atoms with Crippen LogP contribution in [0.4, 0.5) is 5.95 Å². The molecule has 9 heteroatoms. The Labute approximate surface area is 152 Å². The van der Waals surface area contributed by atoms with Crippen LogP contribution in [0.3, 0.4) is 0 Å². The first-order valence-electron chi connectivity index (χ1n) is 8.08. The Morgan fingerprint density at radius 2 is 2.04 bits per heavy atom. The molecule has 4 aromatic rings. The summed E-state index contributed by atoms with van der Waals surface area (Å²) in [6, 6.07) is 13.4. The van der Waals surface area contributed by atoms with Crippen LogP contribution in [-0.2, 0) is 6.54 Å². The van der Waals surface area contributed by atoms with Crippen LogP contribution >= 0.6 is 0 Å². The first kappa shape index (κ1) is 16.5. The van der Waals surface area contributed by atoms with Gasteiger partial charge in [-0.2, -0.15) is 4.98 Å². The molecule has 0 saturated heterocycles. The Hall–Kier alpha value is -4.01. The number of hydrogen-bond acceptors (Lipinski definition) is 6. The van der Waals surface area contributed by atoms with E-state index in [2.05, 4.69) is 25.5 Å². The zero-order chi connectivity index (χ0) is 18.6. The fourth-order valence-corrected chi connectivity index (χ4v) is 2.44. The quantitative estimate of drug-likeness (QED) is 0.560. The third-order valence-electron chi connectivity index (χ3n) is 3.73. The summed E-state index contributed by atoms with van der Waals surface area (Å²) in [4.78, 5) is 32.4. The molecule has 2 N–H and O–H groups in total. The minimum Gasteiger partial charge on any atom is -0.454 e. The lowest BCUT2D eigenvalue weighted by atomic mass is 10.3. The fourth-order valence-electron chi connectivity index (χ4n) is 2.44. The van der Waals surface area contributed by atoms with Gasteiger partial charge in [-0.25, -0.2) is 0 Å². The van der Waals surface area contributed by atoms with Crippen molar-refractivity contribution >= 4 is 11.9 Å². The van der Waals surface area contributed by atoms with Crippen LogP contribution < -0.4 is 10.9 Å². The van der Waals surface area contributed by atoms with Crippen molar-refractivity contribution in [2.75, 3.05) is 5.32 Å². The monoisotopic (exact) mass is 362 g/mol. The fraction of sp³-hybridized carbons (Fsp3) is 0.0556. The smallest absolute Gasteiger partial charge is 0.293 e. The van der Waals surface area contributed by atoms with Gasteiger partial charge < -0.3 is 8.98 Å². The first-order valence-corrected chi connectivity index (χ1v) is 8.08. The Kier molecular flexibility index (Phi) is 4.32. The van der Waals surface area contributed by atoms with Crippen LogP contribution in [0.25, 0.3) is 11.5 Å². The van der Waals surface area contributed by atoms with Crippen molar-refractivity contribution in [3.05, 3.63) is 82.8 Å². The maximum absolute atomic E-state index is 12.3. The zero-order valence-electron chi connectivity index (χ0n) is 14.0. The predicted molar refractivity (Wildman–Crippen MR) is 96.1 cm³/mol. The molecule has 0 spiro atoms. The molecule has 134 valence electrons. The predicted octanol–water partition coefficient (Wildman–Crippen LogP) is 1.92. The van der Waals surface area contributed by atoms with Crippen LogP contribution in [0.5, 0.6) is 0 Å². The van der Waals surface area contributed by atoms with Gasteiger partial charge in [-0.15, -0.1) is 5.10 Å². The van der Waals surface area contributed by atoms with Gasteiger partial charge in [0.1, 0.15) is 11.5 Å². The summed E-state index contributed by atoms with van der Waals surface area (Å²) in [5.74, 6) is 0.636. The maximum Gasteiger partial charge on any atom is 0.293 e. The molecular formula is C18H14N6O3. The van der Waals surface area contributed by atoms with Crippen LogP contribution in [0.15, 0.2) is 70.1 Å². The number of H-pyrrole nitrogens is 1. The van der Waals surface area contributed by atoms with E-state index in [1.54, 1.807) is 42.7 Å². The van der Waals surface area contributed by atoms with Gasteiger partial charge in [-0.1, -0.05) is 12.1 Å². The summed E-state index contributed by atoms with van der Waals surface area (Å²) in [5.41, 5.74) is 0.460. The van der Waals surface area contributed by atoms with E-state index >= 15 is 0 Å². The minimum atomic E-state index is -0.492. The SMILES string of the molecule is O=C(Nc1n[nH]c(-c2ccccn2)n1)c1ccc(Cn2ccccc2=O)o1. The molecule has 1 amide bonds. The number of carbonyl (C=O) groups excluding carboxylic acids is 1. The third-order valence-corrected chi connectivity index (χ3v) is 3.73. The van der Waals surface area contributed by atoms with E-state index in [0.717, 1.165) is 0 Å². The summed E-state index contributed by atoms with van der Waals surface area (Å²) >= 11 is 0. The van der Waals surface area contributed by atoms with E-state index in [1.807, 2.05) is 6.07 Å². The average Bonchev–Trinajstić information content (AvgIpc) is 3.34. The summed E-state index contributed by atoms with van der Waals surface area (Å²) < 4.78 is 7.00. The lowest BCUT2D eigenvalue weighted by Gasteiger charge is -2.01. The highest BCUT2D eigenvalue weighted by atomic mass is 16.4. The van der Waals surface area contributed by atoms with E-state index in [4.69, 9.17) is 4.42 Å². The largest absolute Gasteiger partial charge is 0.454 e. The van der Waals surface area contributed by atoms with E-state index in [9.17, 15) is 9.59 Å². The van der Waals surface area contributed by atoms with Gasteiger partial charge in [0.15, 0.2) is 11.6 Å². The van der Waals surface area contributed by atoms with Gasteiger partial charge in [0.25, 0.3) is 11.5 Å². The van der Waals surface area contributed by atoms with Crippen molar-refractivity contribution in [3.8, 4) is 11.5 Å². The number of anilines is 1. The number of amides is 1. The Bertz CT molecular complexity index is 1130. The van der Waals surface area contributed by atoms with Gasteiger partial charge >= 0.3 is 0 Å². The third kappa shape index (κ3) is 3.66. The molecule has 0 aliphatic heterocycles. The highest BCUT2D eigenvalue weighted by Gasteiger charge is 2.15. The van der Waals surface area contributed by atoms with Gasteiger partial charge in [0, 0.05) is 18.5 Å². The Morgan fingerprint density at radius 3 is 2.85 bits per heavy atom. The molecule has 4 aromatic heterocycles. The van der Waals surface area contributed by atoms with Gasteiger partial charge in [-0.3, -0.25) is 25.0 Å². The maximum atomic E-state index is 12.3. The molecule has 0 aromatic carbocycles. The lowest BCUT2D eigenvalue weighted by molar-refractivity contribution is 0.0994. The van der Waals surface area contributed by atoms with Crippen LogP contribution in [0, 0.1) is 0 Å². The summed E-state index contributed by atoms with van der Waals surface area (Å²) in [5, 5.41) is 9.22. The molecule has 0 aliphatic carbocycles. The van der Waals surface area contributed by atoms with Crippen molar-refractivity contribution in [2.24, 2.45) is 0 Å². The minimum absolute atomic E-state index is 0.0955. The second-order valence-corrected chi connectivity index (χ2v) is 5.61. The molecule has 0 bridgehead atoms. The molecule has 27 heavy (non-hydrogen) atoms. The van der Waals surface area contributed by atoms with Crippen LogP contribution in [-0.4, -0.2) is 30.6 Å². The Morgan fingerprint density at radius 1 is 1.15 bits per heavy atom. The number of rotatable bonds is 5. The standard InChI is InChI=1S/C18H14N6O3/c25-15-6-2-4-10-24(15)11-12-7-8-14(27-12)17(26)21-18-20-16(22-23-18)13-5-1-3-9-19-13/h1-10H,11H2,(H2,20,21,22,23,26). The van der Waals surface area contributed by atoms with E-state index in [-0.39, 0.29) is 23.8 Å². The number of nitrogens with one attached hydrogen (secondary N) is 2. The number of aromatic nitrogens is 5. The number of hydrogen-bond donors (Lipinski definition) is 2. The highest BCUT2D eigenvalue weighted by molar-refractivity contribution is 6.01. The van der Waals surface area contributed by atoms with E-state index < -0.39 is 5.91 Å². The van der Waals surface area contributed by atoms with Gasteiger partial charge in [0.2, 0.25) is 5.95 Å². The second-order valence-electron chi connectivity index (χ2n) is 5.61. The molecule has 4 heterocycles. The topological polar surface area (TPSA) is 119 Å². The van der Waals surface area contributed by atoms with Crippen molar-refractivity contribution in [2.45, 2.75) is 6.54 Å². The number of carbonyl (C=O) groups is 1. The molecule has 4 rings (SSSR count). The normalized spacial score (nSPS) is 10.7. The molecule has 0 atom stereocenters. The number of pyridine rings is 2. The number of nitrogens with zero attached hydrogens (tertiary/aromatic N) is 4. The molecule has 0 radical (unpaired) electrons. The van der Waals surface area contributed by atoms with Crippen molar-refractivity contribution in [3.63, 3.8) is 0 Å². The molecule has 0 saturated carbocycles.